The molecule has 140 valence electrons. The highest BCUT2D eigenvalue weighted by molar-refractivity contribution is 5.91. The second-order valence-electron chi connectivity index (χ2n) is 6.10. The van der Waals surface area contributed by atoms with Crippen LogP contribution >= 0.6 is 0 Å². The van der Waals surface area contributed by atoms with E-state index in [1.54, 1.807) is 6.07 Å². The normalized spacial score (nSPS) is 10.8. The zero-order chi connectivity index (χ0) is 19.3. The van der Waals surface area contributed by atoms with Gasteiger partial charge in [0.1, 0.15) is 5.75 Å². The van der Waals surface area contributed by atoms with Crippen LogP contribution in [0, 0.1) is 0 Å². The van der Waals surface area contributed by atoms with Crippen molar-refractivity contribution in [1.29, 1.82) is 0 Å². The van der Waals surface area contributed by atoms with E-state index in [1.807, 2.05) is 67.6 Å². The van der Waals surface area contributed by atoms with Crippen LogP contribution in [0.3, 0.4) is 0 Å². The van der Waals surface area contributed by atoms with Crippen molar-refractivity contribution in [3.05, 3.63) is 78.1 Å². The molecule has 4 rings (SSSR count). The number of amides is 1. The average Bonchev–Trinajstić information content (AvgIpc) is 3.17. The number of hydrogen-bond acceptors (Lipinski definition) is 5. The van der Waals surface area contributed by atoms with Crippen molar-refractivity contribution in [3.8, 4) is 17.0 Å². The zero-order valence-corrected chi connectivity index (χ0v) is 15.4. The summed E-state index contributed by atoms with van der Waals surface area (Å²) in [5, 5.41) is 15.5. The number of benzene rings is 2. The smallest absolute Gasteiger partial charge is 0.291 e. The van der Waals surface area contributed by atoms with Gasteiger partial charge in [0, 0.05) is 17.7 Å². The molecule has 0 saturated heterocycles. The van der Waals surface area contributed by atoms with Crippen molar-refractivity contribution in [1.82, 2.24) is 25.1 Å². The van der Waals surface area contributed by atoms with Crippen LogP contribution in [0.1, 0.15) is 23.1 Å². The molecule has 2 aromatic heterocycles. The van der Waals surface area contributed by atoms with Crippen LogP contribution in [0.5, 0.6) is 5.75 Å². The van der Waals surface area contributed by atoms with Gasteiger partial charge in [-0.2, -0.15) is 9.61 Å². The van der Waals surface area contributed by atoms with Crippen LogP contribution in [-0.2, 0) is 6.54 Å². The minimum atomic E-state index is -0.350. The van der Waals surface area contributed by atoms with Gasteiger partial charge in [0.25, 0.3) is 5.91 Å². The van der Waals surface area contributed by atoms with Crippen LogP contribution in [0.4, 0.5) is 0 Å². The maximum atomic E-state index is 12.7. The molecule has 0 saturated carbocycles. The second-order valence-corrected chi connectivity index (χ2v) is 6.10. The van der Waals surface area contributed by atoms with Crippen molar-refractivity contribution < 1.29 is 9.53 Å². The number of aromatic nitrogens is 4. The molecule has 1 amide bonds. The van der Waals surface area contributed by atoms with Gasteiger partial charge in [0.2, 0.25) is 5.82 Å². The van der Waals surface area contributed by atoms with Crippen LogP contribution in [-0.4, -0.2) is 32.3 Å². The van der Waals surface area contributed by atoms with E-state index in [-0.39, 0.29) is 11.7 Å². The minimum absolute atomic E-state index is 0.140. The SMILES string of the molecule is CCOc1ccccc1CNC(=O)c1nnc2ccc(-c3ccccc3)nn12. The van der Waals surface area contributed by atoms with Crippen molar-refractivity contribution in [2.75, 3.05) is 6.61 Å². The Morgan fingerprint density at radius 2 is 1.79 bits per heavy atom. The van der Waals surface area contributed by atoms with Gasteiger partial charge in [-0.25, -0.2) is 0 Å². The first-order valence-electron chi connectivity index (χ1n) is 9.03. The molecule has 28 heavy (non-hydrogen) atoms. The standard InChI is InChI=1S/C21H19N5O2/c1-2-28-18-11-7-6-10-16(18)14-22-21(27)20-24-23-19-13-12-17(25-26(19)20)15-8-4-3-5-9-15/h3-13H,2,14H2,1H3,(H,22,27). The lowest BCUT2D eigenvalue weighted by Gasteiger charge is -2.10. The molecule has 0 radical (unpaired) electrons. The lowest BCUT2D eigenvalue weighted by molar-refractivity contribution is 0.0938. The first kappa shape index (κ1) is 17.7. The van der Waals surface area contributed by atoms with Gasteiger partial charge < -0.3 is 10.1 Å². The number of carbonyl (C=O) groups is 1. The number of hydrogen-bond donors (Lipinski definition) is 1. The molecule has 7 heteroatoms. The highest BCUT2D eigenvalue weighted by Crippen LogP contribution is 2.18. The number of rotatable bonds is 6. The summed E-state index contributed by atoms with van der Waals surface area (Å²) in [5.74, 6) is 0.541. The van der Waals surface area contributed by atoms with Gasteiger partial charge in [0.05, 0.1) is 12.3 Å². The maximum absolute atomic E-state index is 12.7. The third-order valence-corrected chi connectivity index (χ3v) is 4.25. The number of ether oxygens (including phenoxy) is 1. The van der Waals surface area contributed by atoms with Gasteiger partial charge in [-0.05, 0) is 25.1 Å². The highest BCUT2D eigenvalue weighted by atomic mass is 16.5. The van der Waals surface area contributed by atoms with E-state index in [4.69, 9.17) is 4.74 Å². The molecule has 7 nitrogen and oxygen atoms in total. The highest BCUT2D eigenvalue weighted by Gasteiger charge is 2.16. The molecule has 0 aliphatic rings. The first-order valence-corrected chi connectivity index (χ1v) is 9.03. The van der Waals surface area contributed by atoms with Crippen LogP contribution in [0.25, 0.3) is 16.9 Å². The van der Waals surface area contributed by atoms with E-state index < -0.39 is 0 Å². The fraction of sp³-hybridized carbons (Fsp3) is 0.143. The van der Waals surface area contributed by atoms with E-state index >= 15 is 0 Å². The van der Waals surface area contributed by atoms with Gasteiger partial charge in [0.15, 0.2) is 5.65 Å². The number of nitrogens with zero attached hydrogens (tertiary/aromatic N) is 4. The van der Waals surface area contributed by atoms with Crippen molar-refractivity contribution >= 4 is 11.6 Å². The van der Waals surface area contributed by atoms with Gasteiger partial charge in [-0.1, -0.05) is 48.5 Å². The lowest BCUT2D eigenvalue weighted by atomic mass is 10.1. The Morgan fingerprint density at radius 3 is 2.61 bits per heavy atom. The molecular formula is C21H19N5O2. The molecule has 2 aromatic carbocycles. The molecule has 0 aliphatic carbocycles. The zero-order valence-electron chi connectivity index (χ0n) is 15.4. The van der Waals surface area contributed by atoms with E-state index in [9.17, 15) is 4.79 Å². The summed E-state index contributed by atoms with van der Waals surface area (Å²) >= 11 is 0. The molecule has 0 unspecified atom stereocenters. The minimum Gasteiger partial charge on any atom is -0.494 e. The Hall–Kier alpha value is -3.74. The van der Waals surface area contributed by atoms with Crippen molar-refractivity contribution in [3.63, 3.8) is 0 Å². The molecule has 2 heterocycles. The summed E-state index contributed by atoms with van der Waals surface area (Å²) in [5.41, 5.74) is 3.10. The van der Waals surface area contributed by atoms with E-state index in [1.165, 1.54) is 4.52 Å². The van der Waals surface area contributed by atoms with E-state index in [0.717, 1.165) is 22.6 Å². The quantitative estimate of drug-likeness (QED) is 0.562. The van der Waals surface area contributed by atoms with Crippen LogP contribution < -0.4 is 10.1 Å². The molecule has 0 atom stereocenters. The third-order valence-electron chi connectivity index (χ3n) is 4.25. The molecule has 0 bridgehead atoms. The maximum Gasteiger partial charge on any atom is 0.291 e. The summed E-state index contributed by atoms with van der Waals surface area (Å²) < 4.78 is 7.06. The van der Waals surface area contributed by atoms with Gasteiger partial charge >= 0.3 is 0 Å². The number of carbonyl (C=O) groups excluding carboxylic acids is 1. The fourth-order valence-electron chi connectivity index (χ4n) is 2.89. The largest absolute Gasteiger partial charge is 0.494 e. The Bertz CT molecular complexity index is 1110. The van der Waals surface area contributed by atoms with Gasteiger partial charge in [-0.3, -0.25) is 4.79 Å². The number of nitrogens with one attached hydrogen (secondary N) is 1. The Balaban J connectivity index is 1.58. The summed E-state index contributed by atoms with van der Waals surface area (Å²) in [4.78, 5) is 12.7. The summed E-state index contributed by atoms with van der Waals surface area (Å²) in [6.45, 7) is 2.81. The monoisotopic (exact) mass is 373 g/mol. The molecular weight excluding hydrogens is 354 g/mol. The van der Waals surface area contributed by atoms with Crippen molar-refractivity contribution in [2.45, 2.75) is 13.5 Å². The number of fused-ring (bicyclic) bond motifs is 1. The number of para-hydroxylation sites is 1. The topological polar surface area (TPSA) is 81.4 Å². The predicted molar refractivity (Wildman–Crippen MR) is 105 cm³/mol. The Labute approximate surface area is 162 Å². The molecule has 1 N–H and O–H groups in total. The summed E-state index contributed by atoms with van der Waals surface area (Å²) in [6, 6.07) is 21.0. The van der Waals surface area contributed by atoms with Crippen molar-refractivity contribution in [2.24, 2.45) is 0 Å². The summed E-state index contributed by atoms with van der Waals surface area (Å²) in [6.07, 6.45) is 0. The first-order chi connectivity index (χ1) is 13.8. The van der Waals surface area contributed by atoms with Crippen LogP contribution in [0.2, 0.25) is 0 Å². The molecule has 0 fully saturated rings. The Morgan fingerprint density at radius 1 is 1.00 bits per heavy atom. The Kier molecular flexibility index (Phi) is 4.97. The summed E-state index contributed by atoms with van der Waals surface area (Å²) in [7, 11) is 0. The molecule has 4 aromatic rings. The predicted octanol–water partition coefficient (Wildman–Crippen LogP) is 3.12. The fourth-order valence-corrected chi connectivity index (χ4v) is 2.89. The second kappa shape index (κ2) is 7.87. The lowest BCUT2D eigenvalue weighted by Crippen LogP contribution is -2.25. The van der Waals surface area contributed by atoms with E-state index in [0.29, 0.717) is 18.8 Å². The average molecular weight is 373 g/mol. The van der Waals surface area contributed by atoms with E-state index in [2.05, 4.69) is 20.6 Å². The third kappa shape index (κ3) is 3.55. The molecule has 0 aliphatic heterocycles. The molecule has 0 spiro atoms. The van der Waals surface area contributed by atoms with Crippen LogP contribution in [0.15, 0.2) is 66.7 Å². The van der Waals surface area contributed by atoms with Gasteiger partial charge in [-0.15, -0.1) is 10.2 Å².